The molecule has 0 spiro atoms. The molecule has 1 aromatic rings. The number of para-hydroxylation sites is 1. The third-order valence-electron chi connectivity index (χ3n) is 1.88. The highest BCUT2D eigenvalue weighted by atomic mass is 16.5. The smallest absolute Gasteiger partial charge is 0.332 e. The molecule has 0 saturated heterocycles. The standard InChI is InChI=1S/C11H12O5/c12-9(11(14)15)6-7-10(13)16-8-4-2-1-3-5-8/h1-5,9,12H,6-7H2,(H,14,15). The summed E-state index contributed by atoms with van der Waals surface area (Å²) in [5.74, 6) is -1.50. The zero-order chi connectivity index (χ0) is 12.0. The Morgan fingerprint density at radius 1 is 1.25 bits per heavy atom. The molecule has 86 valence electrons. The first-order chi connectivity index (χ1) is 7.59. The Morgan fingerprint density at radius 2 is 1.88 bits per heavy atom. The van der Waals surface area contributed by atoms with Crippen molar-refractivity contribution >= 4 is 11.9 Å². The number of aliphatic hydroxyl groups is 1. The minimum atomic E-state index is -1.52. The first-order valence-electron chi connectivity index (χ1n) is 4.76. The van der Waals surface area contributed by atoms with E-state index in [9.17, 15) is 9.59 Å². The van der Waals surface area contributed by atoms with Crippen molar-refractivity contribution < 1.29 is 24.5 Å². The van der Waals surface area contributed by atoms with Crippen molar-refractivity contribution in [2.75, 3.05) is 0 Å². The number of carboxylic acid groups (broad SMARTS) is 1. The van der Waals surface area contributed by atoms with Gasteiger partial charge in [0.15, 0.2) is 6.10 Å². The van der Waals surface area contributed by atoms with Crippen molar-refractivity contribution in [1.82, 2.24) is 0 Å². The van der Waals surface area contributed by atoms with Crippen molar-refractivity contribution in [3.05, 3.63) is 30.3 Å². The predicted molar refractivity (Wildman–Crippen MR) is 55.0 cm³/mol. The van der Waals surface area contributed by atoms with Crippen LogP contribution in [0.3, 0.4) is 0 Å². The van der Waals surface area contributed by atoms with Crippen LogP contribution in [0.1, 0.15) is 12.8 Å². The molecule has 0 aromatic heterocycles. The summed E-state index contributed by atoms with van der Waals surface area (Å²) in [5.41, 5.74) is 0. The molecular formula is C11H12O5. The quantitative estimate of drug-likeness (QED) is 0.571. The number of rotatable bonds is 5. The summed E-state index contributed by atoms with van der Waals surface area (Å²) < 4.78 is 4.90. The molecule has 0 radical (unpaired) electrons. The number of hydrogen-bond donors (Lipinski definition) is 2. The maximum Gasteiger partial charge on any atom is 0.332 e. The zero-order valence-electron chi connectivity index (χ0n) is 8.50. The third-order valence-corrected chi connectivity index (χ3v) is 1.88. The number of carboxylic acids is 1. The maximum absolute atomic E-state index is 11.2. The number of hydrogen-bond acceptors (Lipinski definition) is 4. The lowest BCUT2D eigenvalue weighted by molar-refractivity contribution is -0.147. The van der Waals surface area contributed by atoms with Gasteiger partial charge < -0.3 is 14.9 Å². The lowest BCUT2D eigenvalue weighted by Gasteiger charge is -2.05. The van der Waals surface area contributed by atoms with Crippen LogP contribution in [0.5, 0.6) is 5.75 Å². The van der Waals surface area contributed by atoms with E-state index >= 15 is 0 Å². The van der Waals surface area contributed by atoms with Crippen LogP contribution < -0.4 is 4.74 Å². The average Bonchev–Trinajstić information content (AvgIpc) is 2.27. The SMILES string of the molecule is O=C(CCC(O)C(=O)O)Oc1ccccc1. The number of esters is 1. The van der Waals surface area contributed by atoms with Gasteiger partial charge in [0.2, 0.25) is 0 Å². The summed E-state index contributed by atoms with van der Waals surface area (Å²) in [5, 5.41) is 17.3. The molecule has 5 heteroatoms. The van der Waals surface area contributed by atoms with E-state index in [1.807, 2.05) is 0 Å². The molecule has 0 heterocycles. The number of aliphatic hydroxyl groups excluding tert-OH is 1. The van der Waals surface area contributed by atoms with E-state index in [2.05, 4.69) is 0 Å². The maximum atomic E-state index is 11.2. The highest BCUT2D eigenvalue weighted by Gasteiger charge is 2.15. The van der Waals surface area contributed by atoms with Gasteiger partial charge in [-0.15, -0.1) is 0 Å². The predicted octanol–water partition coefficient (Wildman–Crippen LogP) is 0.818. The Labute approximate surface area is 92.3 Å². The summed E-state index contributed by atoms with van der Waals surface area (Å²) in [6.07, 6.45) is -1.81. The minimum absolute atomic E-state index is 0.137. The van der Waals surface area contributed by atoms with Gasteiger partial charge in [-0.2, -0.15) is 0 Å². The second kappa shape index (κ2) is 5.87. The van der Waals surface area contributed by atoms with Gasteiger partial charge in [-0.25, -0.2) is 4.79 Å². The molecular weight excluding hydrogens is 212 g/mol. The fourth-order valence-corrected chi connectivity index (χ4v) is 1.05. The minimum Gasteiger partial charge on any atom is -0.479 e. The van der Waals surface area contributed by atoms with Crippen LogP contribution in [0.2, 0.25) is 0 Å². The first-order valence-corrected chi connectivity index (χ1v) is 4.76. The van der Waals surface area contributed by atoms with Crippen LogP contribution in [0, 0.1) is 0 Å². The molecule has 0 saturated carbocycles. The Morgan fingerprint density at radius 3 is 2.44 bits per heavy atom. The van der Waals surface area contributed by atoms with Gasteiger partial charge in [-0.05, 0) is 18.6 Å². The Balaban J connectivity index is 2.35. The average molecular weight is 224 g/mol. The molecule has 0 fully saturated rings. The molecule has 5 nitrogen and oxygen atoms in total. The van der Waals surface area contributed by atoms with E-state index in [1.165, 1.54) is 0 Å². The van der Waals surface area contributed by atoms with E-state index in [4.69, 9.17) is 14.9 Å². The largest absolute Gasteiger partial charge is 0.479 e. The van der Waals surface area contributed by atoms with Gasteiger partial charge in [-0.1, -0.05) is 18.2 Å². The van der Waals surface area contributed by atoms with E-state index < -0.39 is 18.0 Å². The second-order valence-corrected chi connectivity index (χ2v) is 3.18. The molecule has 1 atom stereocenters. The van der Waals surface area contributed by atoms with E-state index in [1.54, 1.807) is 30.3 Å². The zero-order valence-corrected chi connectivity index (χ0v) is 8.50. The van der Waals surface area contributed by atoms with Crippen molar-refractivity contribution in [2.24, 2.45) is 0 Å². The molecule has 1 rings (SSSR count). The number of benzene rings is 1. The third kappa shape index (κ3) is 4.10. The summed E-state index contributed by atoms with van der Waals surface area (Å²) in [6.45, 7) is 0. The Hall–Kier alpha value is -1.88. The molecule has 1 aromatic carbocycles. The van der Waals surface area contributed by atoms with Crippen LogP contribution in [0.4, 0.5) is 0 Å². The van der Waals surface area contributed by atoms with E-state index in [0.29, 0.717) is 5.75 Å². The summed E-state index contributed by atoms with van der Waals surface area (Å²) in [6, 6.07) is 8.45. The lowest BCUT2D eigenvalue weighted by Crippen LogP contribution is -2.21. The van der Waals surface area contributed by atoms with Gasteiger partial charge in [0, 0.05) is 6.42 Å². The highest BCUT2D eigenvalue weighted by molar-refractivity contribution is 5.75. The van der Waals surface area contributed by atoms with Crippen molar-refractivity contribution in [3.63, 3.8) is 0 Å². The topological polar surface area (TPSA) is 83.8 Å². The van der Waals surface area contributed by atoms with Gasteiger partial charge in [0.05, 0.1) is 0 Å². The Bertz CT molecular complexity index is 360. The normalized spacial score (nSPS) is 11.8. The van der Waals surface area contributed by atoms with Crippen LogP contribution in [-0.2, 0) is 9.59 Å². The highest BCUT2D eigenvalue weighted by Crippen LogP contribution is 2.10. The van der Waals surface area contributed by atoms with Gasteiger partial charge in [0.25, 0.3) is 0 Å². The van der Waals surface area contributed by atoms with Gasteiger partial charge in [-0.3, -0.25) is 4.79 Å². The molecule has 0 aliphatic rings. The second-order valence-electron chi connectivity index (χ2n) is 3.18. The molecule has 2 N–H and O–H groups in total. The summed E-state index contributed by atoms with van der Waals surface area (Å²) in [7, 11) is 0. The van der Waals surface area contributed by atoms with Crippen LogP contribution in [0.25, 0.3) is 0 Å². The van der Waals surface area contributed by atoms with Crippen molar-refractivity contribution in [3.8, 4) is 5.75 Å². The van der Waals surface area contributed by atoms with Crippen LogP contribution in [-0.4, -0.2) is 28.3 Å². The summed E-state index contributed by atoms with van der Waals surface area (Å²) >= 11 is 0. The lowest BCUT2D eigenvalue weighted by atomic mass is 10.2. The molecule has 0 amide bonds. The van der Waals surface area contributed by atoms with Gasteiger partial charge in [0.1, 0.15) is 5.75 Å². The summed E-state index contributed by atoms with van der Waals surface area (Å²) in [4.78, 5) is 21.5. The molecule has 0 bridgehead atoms. The molecule has 16 heavy (non-hydrogen) atoms. The van der Waals surface area contributed by atoms with Crippen LogP contribution in [0.15, 0.2) is 30.3 Å². The Kier molecular flexibility index (Phi) is 4.47. The number of aliphatic carboxylic acids is 1. The first kappa shape index (κ1) is 12.2. The monoisotopic (exact) mass is 224 g/mol. The van der Waals surface area contributed by atoms with Crippen LogP contribution >= 0.6 is 0 Å². The van der Waals surface area contributed by atoms with E-state index in [-0.39, 0.29) is 12.8 Å². The molecule has 0 aliphatic carbocycles. The number of carbonyl (C=O) groups is 2. The van der Waals surface area contributed by atoms with E-state index in [0.717, 1.165) is 0 Å². The van der Waals surface area contributed by atoms with Crippen molar-refractivity contribution in [1.29, 1.82) is 0 Å². The number of carbonyl (C=O) groups excluding carboxylic acids is 1. The fraction of sp³-hybridized carbons (Fsp3) is 0.273. The fourth-order valence-electron chi connectivity index (χ4n) is 1.05. The molecule has 0 aliphatic heterocycles. The molecule has 1 unspecified atom stereocenters. The number of ether oxygens (including phenoxy) is 1. The van der Waals surface area contributed by atoms with Gasteiger partial charge >= 0.3 is 11.9 Å². The van der Waals surface area contributed by atoms with Crippen molar-refractivity contribution in [2.45, 2.75) is 18.9 Å².